The summed E-state index contributed by atoms with van der Waals surface area (Å²) in [5.74, 6) is -0.184. The van der Waals surface area contributed by atoms with Crippen molar-refractivity contribution in [3.8, 4) is 5.75 Å². The van der Waals surface area contributed by atoms with Gasteiger partial charge in [0.05, 0.1) is 16.6 Å². The van der Waals surface area contributed by atoms with Crippen LogP contribution in [0.15, 0.2) is 48.5 Å². The molecule has 2 amide bonds. The summed E-state index contributed by atoms with van der Waals surface area (Å²) in [6, 6.07) is 13.8. The molecule has 0 saturated heterocycles. The summed E-state index contributed by atoms with van der Waals surface area (Å²) >= 11 is 11.7. The third-order valence-corrected chi connectivity index (χ3v) is 3.86. The molecule has 7 heteroatoms. The highest BCUT2D eigenvalue weighted by Gasteiger charge is 2.14. The van der Waals surface area contributed by atoms with E-state index < -0.39 is 0 Å². The summed E-state index contributed by atoms with van der Waals surface area (Å²) in [4.78, 5) is 25.2. The van der Waals surface area contributed by atoms with Gasteiger partial charge in [-0.3, -0.25) is 9.59 Å². The van der Waals surface area contributed by atoms with Crippen LogP contribution in [0.3, 0.4) is 0 Å². The maximum Gasteiger partial charge on any atom is 0.260 e. The van der Waals surface area contributed by atoms with Crippen molar-refractivity contribution in [1.82, 2.24) is 4.90 Å². The molecule has 0 saturated carbocycles. The highest BCUT2D eigenvalue weighted by atomic mass is 35.5. The van der Waals surface area contributed by atoms with E-state index in [-0.39, 0.29) is 25.0 Å². The summed E-state index contributed by atoms with van der Waals surface area (Å²) in [7, 11) is 1.53. The van der Waals surface area contributed by atoms with Gasteiger partial charge in [-0.25, -0.2) is 0 Å². The molecule has 0 aliphatic rings. The second-order valence-corrected chi connectivity index (χ2v) is 5.84. The molecule has 2 rings (SSSR count). The number of nitrogens with zero attached hydrogens (tertiary/aromatic N) is 1. The lowest BCUT2D eigenvalue weighted by Crippen LogP contribution is -2.37. The Hall–Kier alpha value is -2.24. The van der Waals surface area contributed by atoms with Crippen molar-refractivity contribution < 1.29 is 14.3 Å². The summed E-state index contributed by atoms with van der Waals surface area (Å²) in [6.07, 6.45) is 0. The van der Waals surface area contributed by atoms with Crippen LogP contribution in [0.2, 0.25) is 10.0 Å². The normalized spacial score (nSPS) is 10.1. The van der Waals surface area contributed by atoms with E-state index in [9.17, 15) is 9.59 Å². The molecule has 24 heavy (non-hydrogen) atoms. The number of anilines is 1. The van der Waals surface area contributed by atoms with Crippen LogP contribution < -0.4 is 10.1 Å². The van der Waals surface area contributed by atoms with Crippen LogP contribution in [-0.4, -0.2) is 36.9 Å². The molecule has 0 atom stereocenters. The number of halogens is 2. The first kappa shape index (κ1) is 18.1. The van der Waals surface area contributed by atoms with Gasteiger partial charge in [0.2, 0.25) is 5.91 Å². The van der Waals surface area contributed by atoms with Crippen molar-refractivity contribution in [1.29, 1.82) is 0 Å². The van der Waals surface area contributed by atoms with Gasteiger partial charge in [-0.05, 0) is 24.3 Å². The third-order valence-electron chi connectivity index (χ3n) is 3.12. The number of likely N-dealkylation sites (N-methyl/N-ethyl adjacent to an activating group) is 1. The summed E-state index contributed by atoms with van der Waals surface area (Å²) in [5.41, 5.74) is 0.676. The Morgan fingerprint density at radius 3 is 2.46 bits per heavy atom. The van der Waals surface area contributed by atoms with Crippen LogP contribution in [0.4, 0.5) is 5.69 Å². The van der Waals surface area contributed by atoms with Gasteiger partial charge < -0.3 is 15.0 Å². The molecule has 0 aliphatic heterocycles. The maximum atomic E-state index is 12.0. The zero-order valence-electron chi connectivity index (χ0n) is 13.0. The maximum absolute atomic E-state index is 12.0. The van der Waals surface area contributed by atoms with Crippen molar-refractivity contribution in [2.24, 2.45) is 0 Å². The van der Waals surface area contributed by atoms with Gasteiger partial charge in [-0.1, -0.05) is 41.4 Å². The van der Waals surface area contributed by atoms with Gasteiger partial charge in [0.25, 0.3) is 5.91 Å². The Kier molecular flexibility index (Phi) is 6.46. The molecule has 126 valence electrons. The summed E-state index contributed by atoms with van der Waals surface area (Å²) in [6.45, 7) is -0.272. The second-order valence-electron chi connectivity index (χ2n) is 5.03. The topological polar surface area (TPSA) is 58.6 Å². The number of para-hydroxylation sites is 1. The van der Waals surface area contributed by atoms with E-state index in [1.807, 2.05) is 18.2 Å². The van der Waals surface area contributed by atoms with Crippen LogP contribution in [0.25, 0.3) is 0 Å². The second kappa shape index (κ2) is 8.57. The van der Waals surface area contributed by atoms with Crippen molar-refractivity contribution in [3.05, 3.63) is 58.6 Å². The van der Waals surface area contributed by atoms with E-state index in [4.69, 9.17) is 27.9 Å². The largest absolute Gasteiger partial charge is 0.484 e. The number of ether oxygens (including phenoxy) is 1. The standard InChI is InChI=1S/C17H16Cl2N2O3/c1-21(10-16(22)20-12-5-3-2-4-6-12)17(23)11-24-13-7-8-14(18)15(19)9-13/h2-9H,10-11H2,1H3,(H,20,22). The molecule has 0 heterocycles. The quantitative estimate of drug-likeness (QED) is 0.851. The number of carbonyl (C=O) groups is 2. The van der Waals surface area contributed by atoms with Crippen LogP contribution in [-0.2, 0) is 9.59 Å². The fraction of sp³-hybridized carbons (Fsp3) is 0.176. The Labute approximate surface area is 150 Å². The van der Waals surface area contributed by atoms with Gasteiger partial charge in [0.15, 0.2) is 6.61 Å². The number of hydrogen-bond acceptors (Lipinski definition) is 3. The van der Waals surface area contributed by atoms with E-state index in [0.717, 1.165) is 0 Å². The van der Waals surface area contributed by atoms with Crippen molar-refractivity contribution in [3.63, 3.8) is 0 Å². The van der Waals surface area contributed by atoms with Gasteiger partial charge in [0, 0.05) is 18.8 Å². The minimum Gasteiger partial charge on any atom is -0.484 e. The first-order valence-electron chi connectivity index (χ1n) is 7.12. The van der Waals surface area contributed by atoms with Gasteiger partial charge in [-0.2, -0.15) is 0 Å². The van der Waals surface area contributed by atoms with E-state index in [1.54, 1.807) is 24.3 Å². The third kappa shape index (κ3) is 5.44. The number of nitrogens with one attached hydrogen (secondary N) is 1. The van der Waals surface area contributed by atoms with Crippen molar-refractivity contribution in [2.45, 2.75) is 0 Å². The summed E-state index contributed by atoms with van der Waals surface area (Å²) in [5, 5.41) is 3.46. The molecule has 0 aliphatic carbocycles. The number of rotatable bonds is 6. The van der Waals surface area contributed by atoms with E-state index in [0.29, 0.717) is 21.5 Å². The molecule has 0 aromatic heterocycles. The van der Waals surface area contributed by atoms with Crippen LogP contribution >= 0.6 is 23.2 Å². The predicted octanol–water partition coefficient (Wildman–Crippen LogP) is 3.47. The molecule has 2 aromatic carbocycles. The lowest BCUT2D eigenvalue weighted by Gasteiger charge is -2.17. The molecular formula is C17H16Cl2N2O3. The van der Waals surface area contributed by atoms with Crippen molar-refractivity contribution in [2.75, 3.05) is 25.5 Å². The minimum atomic E-state index is -0.329. The fourth-order valence-corrected chi connectivity index (χ4v) is 2.14. The lowest BCUT2D eigenvalue weighted by molar-refractivity contribution is -0.135. The van der Waals surface area contributed by atoms with Crippen LogP contribution in [0.1, 0.15) is 0 Å². The first-order chi connectivity index (χ1) is 11.5. The van der Waals surface area contributed by atoms with E-state index >= 15 is 0 Å². The average Bonchev–Trinajstić information content (AvgIpc) is 2.56. The van der Waals surface area contributed by atoms with Crippen LogP contribution in [0, 0.1) is 0 Å². The summed E-state index contributed by atoms with van der Waals surface area (Å²) < 4.78 is 5.36. The zero-order chi connectivity index (χ0) is 17.5. The molecule has 0 fully saturated rings. The smallest absolute Gasteiger partial charge is 0.260 e. The highest BCUT2D eigenvalue weighted by molar-refractivity contribution is 6.42. The number of carbonyl (C=O) groups excluding carboxylic acids is 2. The molecular weight excluding hydrogens is 351 g/mol. The molecule has 2 aromatic rings. The van der Waals surface area contributed by atoms with Gasteiger partial charge >= 0.3 is 0 Å². The number of amides is 2. The monoisotopic (exact) mass is 366 g/mol. The Morgan fingerprint density at radius 2 is 1.79 bits per heavy atom. The zero-order valence-corrected chi connectivity index (χ0v) is 14.5. The molecule has 0 spiro atoms. The lowest BCUT2D eigenvalue weighted by atomic mass is 10.3. The number of benzene rings is 2. The van der Waals surface area contributed by atoms with Crippen LogP contribution in [0.5, 0.6) is 5.75 Å². The molecule has 1 N–H and O–H groups in total. The fourth-order valence-electron chi connectivity index (χ4n) is 1.85. The van der Waals surface area contributed by atoms with Crippen molar-refractivity contribution >= 4 is 40.7 Å². The number of hydrogen-bond donors (Lipinski definition) is 1. The first-order valence-corrected chi connectivity index (χ1v) is 7.88. The Bertz CT molecular complexity index is 723. The SMILES string of the molecule is CN(CC(=O)Nc1ccccc1)C(=O)COc1ccc(Cl)c(Cl)c1. The van der Waals surface area contributed by atoms with Gasteiger partial charge in [0.1, 0.15) is 5.75 Å². The molecule has 0 bridgehead atoms. The molecule has 0 unspecified atom stereocenters. The van der Waals surface area contributed by atoms with E-state index in [1.165, 1.54) is 18.0 Å². The Balaban J connectivity index is 1.81. The highest BCUT2D eigenvalue weighted by Crippen LogP contribution is 2.26. The molecule has 0 radical (unpaired) electrons. The predicted molar refractivity (Wildman–Crippen MR) is 94.7 cm³/mol. The van der Waals surface area contributed by atoms with Gasteiger partial charge in [-0.15, -0.1) is 0 Å². The Morgan fingerprint density at radius 1 is 1.08 bits per heavy atom. The van der Waals surface area contributed by atoms with E-state index in [2.05, 4.69) is 5.32 Å². The average molecular weight is 367 g/mol. The minimum absolute atomic E-state index is 0.0710. The molecule has 5 nitrogen and oxygen atoms in total.